The number of primary amides is 1. The highest BCUT2D eigenvalue weighted by Crippen LogP contribution is 2.03. The maximum absolute atomic E-state index is 10.5. The fourth-order valence-electron chi connectivity index (χ4n) is 1.28. The number of benzene rings is 1. The molecule has 0 radical (unpaired) electrons. The van der Waals surface area contributed by atoms with Crippen LogP contribution in [-0.2, 0) is 17.9 Å². The molecule has 6 nitrogen and oxygen atoms in total. The average molecular weight is 237 g/mol. The molecule has 92 valence electrons. The number of hydrogen-bond acceptors (Lipinski definition) is 3. The van der Waals surface area contributed by atoms with Crippen molar-refractivity contribution in [3.05, 3.63) is 35.4 Å². The van der Waals surface area contributed by atoms with Gasteiger partial charge in [-0.1, -0.05) is 24.3 Å². The van der Waals surface area contributed by atoms with Crippen LogP contribution in [0.3, 0.4) is 0 Å². The van der Waals surface area contributed by atoms with Gasteiger partial charge in [0.1, 0.15) is 0 Å². The van der Waals surface area contributed by atoms with Crippen LogP contribution in [0.4, 0.5) is 4.79 Å². The van der Waals surface area contributed by atoms with Crippen molar-refractivity contribution in [2.45, 2.75) is 13.1 Å². The first kappa shape index (κ1) is 13.0. The minimum absolute atomic E-state index is 0.0645. The van der Waals surface area contributed by atoms with Gasteiger partial charge in [-0.05, 0) is 11.1 Å². The van der Waals surface area contributed by atoms with Crippen LogP contribution < -0.4 is 16.4 Å². The Balaban J connectivity index is 2.39. The average Bonchev–Trinajstić information content (AvgIpc) is 2.27. The zero-order valence-electron chi connectivity index (χ0n) is 9.27. The zero-order valence-corrected chi connectivity index (χ0v) is 9.27. The van der Waals surface area contributed by atoms with Gasteiger partial charge >= 0.3 is 12.0 Å². The standard InChI is InChI=1S/C11H15N3O3/c12-11(17)14-6-9-3-1-8(2-4-9)5-13-7-10(15)16/h1-4,13H,5-7H2,(H,15,16)(H3,12,14,17). The van der Waals surface area contributed by atoms with E-state index in [0.29, 0.717) is 13.1 Å². The molecule has 6 heteroatoms. The number of carbonyl (C=O) groups is 2. The van der Waals surface area contributed by atoms with E-state index in [4.69, 9.17) is 10.8 Å². The van der Waals surface area contributed by atoms with Gasteiger partial charge in [0, 0.05) is 13.1 Å². The van der Waals surface area contributed by atoms with E-state index in [1.165, 1.54) is 0 Å². The number of nitrogens with one attached hydrogen (secondary N) is 2. The van der Waals surface area contributed by atoms with Crippen molar-refractivity contribution in [2.24, 2.45) is 5.73 Å². The second-order valence-corrected chi connectivity index (χ2v) is 3.53. The van der Waals surface area contributed by atoms with Crippen LogP contribution >= 0.6 is 0 Å². The fraction of sp³-hybridized carbons (Fsp3) is 0.273. The summed E-state index contributed by atoms with van der Waals surface area (Å²) in [5.41, 5.74) is 6.87. The molecule has 0 saturated carbocycles. The van der Waals surface area contributed by atoms with Crippen molar-refractivity contribution in [2.75, 3.05) is 6.54 Å². The van der Waals surface area contributed by atoms with E-state index in [9.17, 15) is 9.59 Å². The monoisotopic (exact) mass is 237 g/mol. The predicted molar refractivity (Wildman–Crippen MR) is 62.2 cm³/mol. The SMILES string of the molecule is NC(=O)NCc1ccc(CNCC(=O)O)cc1. The number of carboxylic acids is 1. The Kier molecular flexibility index (Phi) is 4.96. The molecule has 0 saturated heterocycles. The number of hydrogen-bond donors (Lipinski definition) is 4. The van der Waals surface area contributed by atoms with Crippen LogP contribution in [0, 0.1) is 0 Å². The maximum atomic E-state index is 10.5. The third-order valence-electron chi connectivity index (χ3n) is 2.10. The molecule has 0 atom stereocenters. The first-order valence-corrected chi connectivity index (χ1v) is 5.11. The lowest BCUT2D eigenvalue weighted by molar-refractivity contribution is -0.135. The Bertz CT molecular complexity index is 389. The lowest BCUT2D eigenvalue weighted by atomic mass is 10.1. The summed E-state index contributed by atoms with van der Waals surface area (Å²) in [4.78, 5) is 20.8. The molecule has 2 amide bonds. The van der Waals surface area contributed by atoms with E-state index in [0.717, 1.165) is 11.1 Å². The minimum Gasteiger partial charge on any atom is -0.480 e. The van der Waals surface area contributed by atoms with Crippen LogP contribution in [0.1, 0.15) is 11.1 Å². The van der Waals surface area contributed by atoms with E-state index in [2.05, 4.69) is 10.6 Å². The molecule has 0 aliphatic carbocycles. The summed E-state index contributed by atoms with van der Waals surface area (Å²) in [7, 11) is 0. The molecule has 0 heterocycles. The van der Waals surface area contributed by atoms with E-state index in [1.807, 2.05) is 24.3 Å². The van der Waals surface area contributed by atoms with Crippen LogP contribution in [0.2, 0.25) is 0 Å². The molecule has 0 aliphatic rings. The van der Waals surface area contributed by atoms with E-state index >= 15 is 0 Å². The maximum Gasteiger partial charge on any atom is 0.317 e. The van der Waals surface area contributed by atoms with Crippen LogP contribution in [0.25, 0.3) is 0 Å². The number of aliphatic carboxylic acids is 1. The predicted octanol–water partition coefficient (Wildman–Crippen LogP) is 0.0291. The van der Waals surface area contributed by atoms with Crippen molar-refractivity contribution < 1.29 is 14.7 Å². The number of rotatable bonds is 6. The Hall–Kier alpha value is -2.08. The number of carboxylic acid groups (broad SMARTS) is 1. The molecule has 0 unspecified atom stereocenters. The molecule has 1 rings (SSSR count). The second-order valence-electron chi connectivity index (χ2n) is 3.53. The number of urea groups is 1. The van der Waals surface area contributed by atoms with Gasteiger partial charge in [-0.15, -0.1) is 0 Å². The molecule has 17 heavy (non-hydrogen) atoms. The highest BCUT2D eigenvalue weighted by molar-refractivity contribution is 5.71. The summed E-state index contributed by atoms with van der Waals surface area (Å²) in [6.45, 7) is 0.818. The van der Waals surface area contributed by atoms with Gasteiger partial charge in [0.25, 0.3) is 0 Å². The van der Waals surface area contributed by atoms with Crippen LogP contribution in [0.15, 0.2) is 24.3 Å². The lowest BCUT2D eigenvalue weighted by Gasteiger charge is -2.05. The normalized spacial score (nSPS) is 9.88. The number of amides is 2. The van der Waals surface area contributed by atoms with Gasteiger partial charge < -0.3 is 21.5 Å². The highest BCUT2D eigenvalue weighted by Gasteiger charge is 1.98. The first-order valence-electron chi connectivity index (χ1n) is 5.11. The molecule has 0 spiro atoms. The third kappa shape index (κ3) is 5.53. The number of nitrogens with two attached hydrogens (primary N) is 1. The van der Waals surface area contributed by atoms with Crippen molar-refractivity contribution in [1.82, 2.24) is 10.6 Å². The van der Waals surface area contributed by atoms with Gasteiger partial charge in [-0.3, -0.25) is 4.79 Å². The van der Waals surface area contributed by atoms with Crippen LogP contribution in [0.5, 0.6) is 0 Å². The number of carbonyl (C=O) groups excluding carboxylic acids is 1. The Morgan fingerprint density at radius 1 is 1.12 bits per heavy atom. The Morgan fingerprint density at radius 3 is 2.12 bits per heavy atom. The smallest absolute Gasteiger partial charge is 0.317 e. The van der Waals surface area contributed by atoms with Gasteiger partial charge in [-0.25, -0.2) is 4.79 Å². The minimum atomic E-state index is -0.882. The summed E-state index contributed by atoms with van der Waals surface area (Å²) in [6, 6.07) is 6.89. The highest BCUT2D eigenvalue weighted by atomic mass is 16.4. The lowest BCUT2D eigenvalue weighted by Crippen LogP contribution is -2.28. The van der Waals surface area contributed by atoms with Gasteiger partial charge in [0.05, 0.1) is 6.54 Å². The Morgan fingerprint density at radius 2 is 1.65 bits per heavy atom. The second kappa shape index (κ2) is 6.49. The summed E-state index contributed by atoms with van der Waals surface area (Å²) >= 11 is 0. The summed E-state index contributed by atoms with van der Waals surface area (Å²) < 4.78 is 0. The summed E-state index contributed by atoms with van der Waals surface area (Å²) in [6.07, 6.45) is 0. The van der Waals surface area contributed by atoms with Crippen molar-refractivity contribution >= 4 is 12.0 Å². The zero-order chi connectivity index (χ0) is 12.7. The molecule has 0 fully saturated rings. The van der Waals surface area contributed by atoms with Crippen LogP contribution in [-0.4, -0.2) is 23.7 Å². The van der Waals surface area contributed by atoms with Crippen molar-refractivity contribution in [1.29, 1.82) is 0 Å². The molecule has 5 N–H and O–H groups in total. The molecule has 1 aromatic carbocycles. The molecule has 0 bridgehead atoms. The molecular weight excluding hydrogens is 222 g/mol. The van der Waals surface area contributed by atoms with Gasteiger partial charge in [0.15, 0.2) is 0 Å². The fourth-order valence-corrected chi connectivity index (χ4v) is 1.28. The largest absolute Gasteiger partial charge is 0.480 e. The summed E-state index contributed by atoms with van der Waals surface area (Å²) in [5.74, 6) is -0.882. The third-order valence-corrected chi connectivity index (χ3v) is 2.10. The van der Waals surface area contributed by atoms with E-state index in [1.54, 1.807) is 0 Å². The quantitative estimate of drug-likeness (QED) is 0.560. The molecule has 1 aromatic rings. The Labute approximate surface area is 98.8 Å². The molecular formula is C11H15N3O3. The molecule has 0 aliphatic heterocycles. The van der Waals surface area contributed by atoms with Gasteiger partial charge in [0.2, 0.25) is 0 Å². The topological polar surface area (TPSA) is 104 Å². The van der Waals surface area contributed by atoms with Crippen molar-refractivity contribution in [3.8, 4) is 0 Å². The first-order chi connectivity index (χ1) is 8.08. The molecule has 0 aromatic heterocycles. The van der Waals surface area contributed by atoms with Gasteiger partial charge in [-0.2, -0.15) is 0 Å². The van der Waals surface area contributed by atoms with E-state index < -0.39 is 12.0 Å². The summed E-state index contributed by atoms with van der Waals surface area (Å²) in [5, 5.41) is 13.7. The van der Waals surface area contributed by atoms with Crippen molar-refractivity contribution in [3.63, 3.8) is 0 Å². The van der Waals surface area contributed by atoms with E-state index in [-0.39, 0.29) is 6.54 Å².